The quantitative estimate of drug-likeness (QED) is 0.838. The number of aromatic nitrogens is 1. The molecule has 2 heterocycles. The lowest BCUT2D eigenvalue weighted by Gasteiger charge is -2.34. The van der Waals surface area contributed by atoms with Gasteiger partial charge in [-0.05, 0) is 30.4 Å². The second kappa shape index (κ2) is 5.65. The van der Waals surface area contributed by atoms with E-state index in [9.17, 15) is 4.79 Å². The van der Waals surface area contributed by atoms with Crippen LogP contribution in [-0.4, -0.2) is 33.9 Å². The average Bonchev–Trinajstić information content (AvgIpc) is 2.37. The molecule has 2 atom stereocenters. The van der Waals surface area contributed by atoms with Crippen LogP contribution < -0.4 is 5.73 Å². The molecule has 0 bridgehead atoms. The van der Waals surface area contributed by atoms with Crippen molar-refractivity contribution in [2.75, 3.05) is 13.1 Å². The predicted molar refractivity (Wildman–Crippen MR) is 79.0 cm³/mol. The molecule has 4 nitrogen and oxygen atoms in total. The molecule has 1 amide bonds. The molecule has 102 valence electrons. The minimum absolute atomic E-state index is 0.00658. The molecule has 1 aromatic heterocycles. The summed E-state index contributed by atoms with van der Waals surface area (Å²) in [7, 11) is 0. The van der Waals surface area contributed by atoms with Crippen molar-refractivity contribution in [3.63, 3.8) is 0 Å². The monoisotopic (exact) mass is 277 g/mol. The maximum atomic E-state index is 12.4. The number of hydrogen-bond donors (Lipinski definition) is 1. The van der Waals surface area contributed by atoms with Gasteiger partial charge in [0.25, 0.3) is 5.91 Å². The second-order valence-corrected chi connectivity index (χ2v) is 5.89. The van der Waals surface area contributed by atoms with E-state index in [0.717, 1.165) is 13.1 Å². The van der Waals surface area contributed by atoms with Crippen molar-refractivity contribution in [3.8, 4) is 0 Å². The maximum absolute atomic E-state index is 12.4. The summed E-state index contributed by atoms with van der Waals surface area (Å²) in [4.78, 5) is 18.7. The first kappa shape index (κ1) is 13.9. The van der Waals surface area contributed by atoms with Crippen molar-refractivity contribution >= 4 is 23.1 Å². The normalized spacial score (nSPS) is 23.2. The summed E-state index contributed by atoms with van der Waals surface area (Å²) < 4.78 is 0. The summed E-state index contributed by atoms with van der Waals surface area (Å²) in [5, 5.41) is 0. The molecular formula is C14H19N3OS. The highest BCUT2D eigenvalue weighted by atomic mass is 32.1. The van der Waals surface area contributed by atoms with Gasteiger partial charge in [0.15, 0.2) is 0 Å². The van der Waals surface area contributed by atoms with Crippen LogP contribution in [0.1, 0.15) is 36.3 Å². The summed E-state index contributed by atoms with van der Waals surface area (Å²) in [6.07, 6.45) is 2.74. The number of piperidine rings is 1. The minimum atomic E-state index is -0.00658. The Balaban J connectivity index is 2.12. The Morgan fingerprint density at radius 2 is 2.00 bits per heavy atom. The van der Waals surface area contributed by atoms with E-state index in [1.165, 1.54) is 6.42 Å². The predicted octanol–water partition coefficient (Wildman–Crippen LogP) is 1.83. The number of nitrogens with zero attached hydrogens (tertiary/aromatic N) is 2. The number of pyridine rings is 1. The Morgan fingerprint density at radius 1 is 1.37 bits per heavy atom. The third-order valence-electron chi connectivity index (χ3n) is 3.42. The van der Waals surface area contributed by atoms with Crippen LogP contribution in [0, 0.1) is 11.8 Å². The molecule has 2 unspecified atom stereocenters. The van der Waals surface area contributed by atoms with E-state index in [2.05, 4.69) is 18.8 Å². The Hall–Kier alpha value is -1.49. The molecule has 0 radical (unpaired) electrons. The molecule has 19 heavy (non-hydrogen) atoms. The zero-order valence-electron chi connectivity index (χ0n) is 11.3. The molecule has 1 aliphatic heterocycles. The van der Waals surface area contributed by atoms with Crippen molar-refractivity contribution in [2.24, 2.45) is 17.6 Å². The first-order valence-corrected chi connectivity index (χ1v) is 6.93. The first-order valence-electron chi connectivity index (χ1n) is 6.52. The zero-order valence-corrected chi connectivity index (χ0v) is 12.1. The van der Waals surface area contributed by atoms with Gasteiger partial charge in [-0.25, -0.2) is 0 Å². The summed E-state index contributed by atoms with van der Waals surface area (Å²) in [6.45, 7) is 5.97. The smallest absolute Gasteiger partial charge is 0.272 e. The number of likely N-dealkylation sites (tertiary alicyclic amines) is 1. The first-order chi connectivity index (χ1) is 8.97. The van der Waals surface area contributed by atoms with Crippen LogP contribution in [0.2, 0.25) is 0 Å². The fraction of sp³-hybridized carbons (Fsp3) is 0.500. The Bertz CT molecular complexity index is 476. The highest BCUT2D eigenvalue weighted by Gasteiger charge is 2.26. The van der Waals surface area contributed by atoms with E-state index in [4.69, 9.17) is 18.0 Å². The molecule has 0 saturated carbocycles. The van der Waals surface area contributed by atoms with Crippen molar-refractivity contribution in [1.29, 1.82) is 0 Å². The maximum Gasteiger partial charge on any atom is 0.272 e. The van der Waals surface area contributed by atoms with Gasteiger partial charge in [-0.1, -0.05) is 26.1 Å². The van der Waals surface area contributed by atoms with E-state index in [1.54, 1.807) is 18.3 Å². The van der Waals surface area contributed by atoms with Crippen LogP contribution in [0.3, 0.4) is 0 Å². The molecular weight excluding hydrogens is 258 g/mol. The Labute approximate surface area is 119 Å². The van der Waals surface area contributed by atoms with Crippen LogP contribution in [-0.2, 0) is 0 Å². The SMILES string of the molecule is CC1CC(C)CN(C(=O)c2ccc(C(N)=S)cn2)C1. The lowest BCUT2D eigenvalue weighted by atomic mass is 9.92. The molecule has 5 heteroatoms. The van der Waals surface area contributed by atoms with Crippen molar-refractivity contribution in [3.05, 3.63) is 29.6 Å². The number of amides is 1. The van der Waals surface area contributed by atoms with Crippen molar-refractivity contribution in [1.82, 2.24) is 9.88 Å². The summed E-state index contributed by atoms with van der Waals surface area (Å²) in [5.74, 6) is 1.08. The van der Waals surface area contributed by atoms with E-state index in [-0.39, 0.29) is 5.91 Å². The minimum Gasteiger partial charge on any atom is -0.389 e. The van der Waals surface area contributed by atoms with E-state index in [1.807, 2.05) is 4.90 Å². The molecule has 2 rings (SSSR count). The standard InChI is InChI=1S/C14H19N3OS/c1-9-5-10(2)8-17(7-9)14(18)12-4-3-11(6-16-12)13(15)19/h3-4,6,9-10H,5,7-8H2,1-2H3,(H2,15,19). The van der Waals surface area contributed by atoms with E-state index < -0.39 is 0 Å². The Morgan fingerprint density at radius 3 is 2.47 bits per heavy atom. The molecule has 0 spiro atoms. The summed E-state index contributed by atoms with van der Waals surface area (Å²) in [5.41, 5.74) is 6.66. The van der Waals surface area contributed by atoms with Crippen LogP contribution in [0.4, 0.5) is 0 Å². The fourth-order valence-electron chi connectivity index (χ4n) is 2.66. The summed E-state index contributed by atoms with van der Waals surface area (Å²) >= 11 is 4.87. The van der Waals surface area contributed by atoms with Gasteiger partial charge in [0.1, 0.15) is 10.7 Å². The highest BCUT2D eigenvalue weighted by Crippen LogP contribution is 2.22. The highest BCUT2D eigenvalue weighted by molar-refractivity contribution is 7.80. The largest absolute Gasteiger partial charge is 0.389 e. The zero-order chi connectivity index (χ0) is 14.0. The second-order valence-electron chi connectivity index (χ2n) is 5.45. The number of nitrogens with two attached hydrogens (primary N) is 1. The number of rotatable bonds is 2. The number of thiocarbonyl (C=S) groups is 1. The third kappa shape index (κ3) is 3.29. The van der Waals surface area contributed by atoms with Crippen LogP contribution >= 0.6 is 12.2 Å². The van der Waals surface area contributed by atoms with E-state index in [0.29, 0.717) is 28.1 Å². The van der Waals surface area contributed by atoms with E-state index >= 15 is 0 Å². The van der Waals surface area contributed by atoms with Crippen LogP contribution in [0.15, 0.2) is 18.3 Å². The van der Waals surface area contributed by atoms with Gasteiger partial charge in [-0.2, -0.15) is 0 Å². The number of carbonyl (C=O) groups is 1. The summed E-state index contributed by atoms with van der Waals surface area (Å²) in [6, 6.07) is 3.44. The Kier molecular flexibility index (Phi) is 4.14. The van der Waals surface area contributed by atoms with Gasteiger partial charge in [0.2, 0.25) is 0 Å². The average molecular weight is 277 g/mol. The van der Waals surface area contributed by atoms with Crippen LogP contribution in [0.5, 0.6) is 0 Å². The molecule has 2 N–H and O–H groups in total. The van der Waals surface area contributed by atoms with Gasteiger partial charge in [-0.3, -0.25) is 9.78 Å². The van der Waals surface area contributed by atoms with Gasteiger partial charge in [0, 0.05) is 24.8 Å². The molecule has 1 fully saturated rings. The van der Waals surface area contributed by atoms with Crippen LogP contribution in [0.25, 0.3) is 0 Å². The molecule has 1 aromatic rings. The molecule has 1 aliphatic rings. The topological polar surface area (TPSA) is 59.2 Å². The molecule has 0 aromatic carbocycles. The molecule has 0 aliphatic carbocycles. The number of carbonyl (C=O) groups excluding carboxylic acids is 1. The fourth-order valence-corrected chi connectivity index (χ4v) is 2.78. The lowest BCUT2D eigenvalue weighted by molar-refractivity contribution is 0.0617. The van der Waals surface area contributed by atoms with Crippen molar-refractivity contribution in [2.45, 2.75) is 20.3 Å². The van der Waals surface area contributed by atoms with Gasteiger partial charge in [-0.15, -0.1) is 0 Å². The van der Waals surface area contributed by atoms with Crippen molar-refractivity contribution < 1.29 is 4.79 Å². The van der Waals surface area contributed by atoms with Gasteiger partial charge >= 0.3 is 0 Å². The van der Waals surface area contributed by atoms with Gasteiger partial charge in [0.05, 0.1) is 0 Å². The lowest BCUT2D eigenvalue weighted by Crippen LogP contribution is -2.42. The number of hydrogen-bond acceptors (Lipinski definition) is 3. The molecule has 1 saturated heterocycles. The van der Waals surface area contributed by atoms with Gasteiger partial charge < -0.3 is 10.6 Å². The third-order valence-corrected chi connectivity index (χ3v) is 3.66.